The van der Waals surface area contributed by atoms with Gasteiger partial charge in [-0.2, -0.15) is 0 Å². The molecule has 0 aromatic carbocycles. The first-order valence-electron chi connectivity index (χ1n) is 24.1. The highest BCUT2D eigenvalue weighted by atomic mass is 16.6. The van der Waals surface area contributed by atoms with Crippen molar-refractivity contribution in [3.05, 3.63) is 85.1 Å². The Hall–Kier alpha value is -2.92. The number of carbonyl (C=O) groups is 2. The molecule has 58 heavy (non-hydrogen) atoms. The summed E-state index contributed by atoms with van der Waals surface area (Å²) >= 11 is 0. The van der Waals surface area contributed by atoms with Crippen molar-refractivity contribution in [3.63, 3.8) is 0 Å². The van der Waals surface area contributed by atoms with Gasteiger partial charge in [0.2, 0.25) is 0 Å². The lowest BCUT2D eigenvalue weighted by Gasteiger charge is -2.15. The van der Waals surface area contributed by atoms with E-state index in [1.807, 2.05) is 0 Å². The molecule has 5 heteroatoms. The van der Waals surface area contributed by atoms with Crippen molar-refractivity contribution >= 4 is 11.9 Å². The Labute approximate surface area is 358 Å². The third-order valence-corrected chi connectivity index (χ3v) is 10.2. The van der Waals surface area contributed by atoms with Crippen LogP contribution >= 0.6 is 0 Å². The lowest BCUT2D eigenvalue weighted by molar-refractivity contribution is -0.161. The largest absolute Gasteiger partial charge is 0.462 e. The van der Waals surface area contributed by atoms with E-state index in [-0.39, 0.29) is 25.2 Å². The number of hydrogen-bond donors (Lipinski definition) is 1. The van der Waals surface area contributed by atoms with Gasteiger partial charge in [-0.3, -0.25) is 9.59 Å². The Morgan fingerprint density at radius 1 is 0.414 bits per heavy atom. The molecule has 0 aliphatic carbocycles. The maximum atomic E-state index is 12.2. The predicted octanol–water partition coefficient (Wildman–Crippen LogP) is 15.9. The molecule has 0 amide bonds. The Morgan fingerprint density at radius 3 is 1.17 bits per heavy atom. The Bertz CT molecular complexity index is 1090. The SMILES string of the molecule is CC/C=C\C/C=C\C/C=C\C/C=C\C/C=C\C/C=C\CCCCC(=O)OC(CO)COC(=O)CCCCCCCCCCCCC/C=C\CCCCCCCCCC. The highest BCUT2D eigenvalue weighted by Gasteiger charge is 2.16. The quantitative estimate of drug-likeness (QED) is 0.0377. The summed E-state index contributed by atoms with van der Waals surface area (Å²) in [5.41, 5.74) is 0. The van der Waals surface area contributed by atoms with E-state index >= 15 is 0 Å². The standard InChI is InChI=1S/C53H90O5/c1-3-5-7-9-11-13-15-17-19-21-23-25-26-28-29-31-33-35-37-39-41-43-45-47-52(55)57-50-51(49-54)58-53(56)48-46-44-42-40-38-36-34-32-30-27-24-22-20-18-16-14-12-10-8-6-4-2/h6,8,12,14,18,20-21,23-24,27,32,34,38,40,51,54H,3-5,7,9-11,13,15-17,19,22,25-26,28-31,33,35-37,39,41-50H2,1-2H3/b8-6-,14-12-,20-18-,23-21-,27-24-,34-32-,40-38-. The first kappa shape index (κ1) is 55.1. The summed E-state index contributed by atoms with van der Waals surface area (Å²) in [6.07, 6.45) is 66.7. The molecule has 0 fully saturated rings. The average molecular weight is 807 g/mol. The van der Waals surface area contributed by atoms with Crippen LogP contribution in [0.2, 0.25) is 0 Å². The monoisotopic (exact) mass is 807 g/mol. The van der Waals surface area contributed by atoms with Crippen LogP contribution < -0.4 is 0 Å². The number of aliphatic hydroxyl groups is 1. The van der Waals surface area contributed by atoms with Crippen LogP contribution in [0, 0.1) is 0 Å². The Balaban J connectivity index is 3.60. The topological polar surface area (TPSA) is 72.8 Å². The van der Waals surface area contributed by atoms with Crippen LogP contribution in [0.4, 0.5) is 0 Å². The van der Waals surface area contributed by atoms with Crippen molar-refractivity contribution in [2.24, 2.45) is 0 Å². The van der Waals surface area contributed by atoms with E-state index in [1.165, 1.54) is 116 Å². The van der Waals surface area contributed by atoms with Crippen LogP contribution in [0.3, 0.4) is 0 Å². The lowest BCUT2D eigenvalue weighted by Crippen LogP contribution is -2.28. The molecule has 0 heterocycles. The van der Waals surface area contributed by atoms with Gasteiger partial charge in [0.1, 0.15) is 6.61 Å². The van der Waals surface area contributed by atoms with Crippen LogP contribution in [0.5, 0.6) is 0 Å². The molecular weight excluding hydrogens is 717 g/mol. The third-order valence-electron chi connectivity index (χ3n) is 10.2. The van der Waals surface area contributed by atoms with Crippen molar-refractivity contribution in [3.8, 4) is 0 Å². The molecule has 0 aromatic heterocycles. The second kappa shape index (κ2) is 48.4. The number of ether oxygens (including phenoxy) is 2. The van der Waals surface area contributed by atoms with Crippen molar-refractivity contribution in [1.29, 1.82) is 0 Å². The normalized spacial score (nSPS) is 12.9. The predicted molar refractivity (Wildman–Crippen MR) is 251 cm³/mol. The molecule has 1 unspecified atom stereocenters. The fraction of sp³-hybridized carbons (Fsp3) is 0.698. The fourth-order valence-corrected chi connectivity index (χ4v) is 6.55. The summed E-state index contributed by atoms with van der Waals surface area (Å²) < 4.78 is 10.6. The van der Waals surface area contributed by atoms with Gasteiger partial charge in [0, 0.05) is 12.8 Å². The van der Waals surface area contributed by atoms with Gasteiger partial charge >= 0.3 is 11.9 Å². The average Bonchev–Trinajstić information content (AvgIpc) is 3.23. The van der Waals surface area contributed by atoms with Gasteiger partial charge < -0.3 is 14.6 Å². The molecule has 1 atom stereocenters. The van der Waals surface area contributed by atoms with Crippen LogP contribution in [0.15, 0.2) is 85.1 Å². The number of rotatable bonds is 43. The highest BCUT2D eigenvalue weighted by Crippen LogP contribution is 2.14. The minimum Gasteiger partial charge on any atom is -0.462 e. The summed E-state index contributed by atoms with van der Waals surface area (Å²) in [4.78, 5) is 24.4. The molecule has 0 aromatic rings. The van der Waals surface area contributed by atoms with E-state index < -0.39 is 6.10 Å². The molecule has 0 saturated heterocycles. The zero-order valence-corrected chi connectivity index (χ0v) is 37.8. The van der Waals surface area contributed by atoms with Gasteiger partial charge in [-0.1, -0.05) is 202 Å². The number of unbranched alkanes of at least 4 members (excludes halogenated alkanes) is 21. The third kappa shape index (κ3) is 45.8. The summed E-state index contributed by atoms with van der Waals surface area (Å²) in [5.74, 6) is -0.644. The molecule has 0 aliphatic heterocycles. The van der Waals surface area contributed by atoms with Gasteiger partial charge in [0.25, 0.3) is 0 Å². The summed E-state index contributed by atoms with van der Waals surface area (Å²) in [7, 11) is 0. The van der Waals surface area contributed by atoms with Crippen molar-refractivity contribution in [2.75, 3.05) is 13.2 Å². The molecule has 0 radical (unpaired) electrons. The number of hydrogen-bond acceptors (Lipinski definition) is 5. The molecule has 1 N–H and O–H groups in total. The summed E-state index contributed by atoms with van der Waals surface area (Å²) in [6, 6.07) is 0. The van der Waals surface area contributed by atoms with Crippen LogP contribution in [0.1, 0.15) is 219 Å². The van der Waals surface area contributed by atoms with E-state index in [1.54, 1.807) is 0 Å². The van der Waals surface area contributed by atoms with Crippen molar-refractivity contribution in [2.45, 2.75) is 225 Å². The molecule has 0 rings (SSSR count). The van der Waals surface area contributed by atoms with Crippen molar-refractivity contribution < 1.29 is 24.2 Å². The smallest absolute Gasteiger partial charge is 0.306 e. The molecule has 0 bridgehead atoms. The maximum absolute atomic E-state index is 12.2. The second-order valence-electron chi connectivity index (χ2n) is 15.8. The zero-order chi connectivity index (χ0) is 42.1. The number of aliphatic hydroxyl groups excluding tert-OH is 1. The minimum absolute atomic E-state index is 0.0876. The number of carbonyl (C=O) groups excluding carboxylic acids is 2. The fourth-order valence-electron chi connectivity index (χ4n) is 6.55. The van der Waals surface area contributed by atoms with E-state index in [0.717, 1.165) is 77.0 Å². The maximum Gasteiger partial charge on any atom is 0.306 e. The Morgan fingerprint density at radius 2 is 0.741 bits per heavy atom. The highest BCUT2D eigenvalue weighted by molar-refractivity contribution is 5.70. The van der Waals surface area contributed by atoms with E-state index in [9.17, 15) is 14.7 Å². The van der Waals surface area contributed by atoms with E-state index in [2.05, 4.69) is 98.9 Å². The number of esters is 2. The van der Waals surface area contributed by atoms with E-state index in [0.29, 0.717) is 12.8 Å². The van der Waals surface area contributed by atoms with Crippen LogP contribution in [0.25, 0.3) is 0 Å². The Kier molecular flexibility index (Phi) is 46.0. The van der Waals surface area contributed by atoms with Crippen molar-refractivity contribution in [1.82, 2.24) is 0 Å². The van der Waals surface area contributed by atoms with Crippen LogP contribution in [-0.2, 0) is 19.1 Å². The van der Waals surface area contributed by atoms with Gasteiger partial charge in [-0.25, -0.2) is 0 Å². The first-order chi connectivity index (χ1) is 28.6. The van der Waals surface area contributed by atoms with Crippen LogP contribution in [-0.4, -0.2) is 36.4 Å². The molecule has 0 spiro atoms. The van der Waals surface area contributed by atoms with Gasteiger partial charge in [-0.05, 0) is 89.9 Å². The first-order valence-corrected chi connectivity index (χ1v) is 24.1. The zero-order valence-electron chi connectivity index (χ0n) is 37.8. The van der Waals surface area contributed by atoms with Gasteiger partial charge in [-0.15, -0.1) is 0 Å². The minimum atomic E-state index is -0.800. The van der Waals surface area contributed by atoms with Gasteiger partial charge in [0.15, 0.2) is 6.10 Å². The lowest BCUT2D eigenvalue weighted by atomic mass is 10.0. The molecular formula is C53H90O5. The molecule has 0 aliphatic rings. The van der Waals surface area contributed by atoms with E-state index in [4.69, 9.17) is 9.47 Å². The second-order valence-corrected chi connectivity index (χ2v) is 15.8. The molecule has 0 saturated carbocycles. The summed E-state index contributed by atoms with van der Waals surface area (Å²) in [6.45, 7) is 3.99. The molecule has 332 valence electrons. The van der Waals surface area contributed by atoms with Gasteiger partial charge in [0.05, 0.1) is 6.61 Å². The molecule has 5 nitrogen and oxygen atoms in total. The summed E-state index contributed by atoms with van der Waals surface area (Å²) in [5, 5.41) is 9.60. The number of allylic oxidation sites excluding steroid dienone is 14.